The predicted molar refractivity (Wildman–Crippen MR) is 117 cm³/mol. The highest BCUT2D eigenvalue weighted by atomic mass is 79.9. The Hall–Kier alpha value is -3.18. The summed E-state index contributed by atoms with van der Waals surface area (Å²) in [6.07, 6.45) is 0. The van der Waals surface area contributed by atoms with Gasteiger partial charge in [-0.05, 0) is 53.0 Å². The summed E-state index contributed by atoms with van der Waals surface area (Å²) in [5, 5.41) is 9.53. The second-order valence-electron chi connectivity index (χ2n) is 6.87. The van der Waals surface area contributed by atoms with E-state index >= 15 is 0 Å². The number of rotatable bonds is 4. The topological polar surface area (TPSA) is 57.6 Å². The lowest BCUT2D eigenvalue weighted by molar-refractivity contribution is -0.148. The number of carbonyl (C=O) groups excluding carboxylic acids is 1. The summed E-state index contributed by atoms with van der Waals surface area (Å²) in [6, 6.07) is 24.6. The maximum Gasteiger partial charge on any atom is 0.394 e. The van der Waals surface area contributed by atoms with E-state index in [2.05, 4.69) is 15.9 Å². The van der Waals surface area contributed by atoms with Crippen LogP contribution in [0.1, 0.15) is 16.7 Å². The van der Waals surface area contributed by atoms with Crippen molar-refractivity contribution < 1.29 is 14.7 Å². The molecule has 4 rings (SSSR count). The van der Waals surface area contributed by atoms with Crippen LogP contribution in [0, 0.1) is 6.92 Å². The van der Waals surface area contributed by atoms with Gasteiger partial charge in [-0.25, -0.2) is 4.79 Å². The molecule has 1 aliphatic rings. The van der Waals surface area contributed by atoms with Crippen molar-refractivity contribution in [3.63, 3.8) is 0 Å². The molecule has 0 radical (unpaired) electrons. The lowest BCUT2D eigenvalue weighted by Crippen LogP contribution is -2.40. The third-order valence-electron chi connectivity index (χ3n) is 5.00. The maximum atomic E-state index is 12.8. The molecule has 0 heterocycles. The number of halogens is 1. The first-order valence-electron chi connectivity index (χ1n) is 9.16. The van der Waals surface area contributed by atoms with E-state index in [-0.39, 0.29) is 0 Å². The number of anilines is 1. The molecule has 4 nitrogen and oxygen atoms in total. The first-order chi connectivity index (χ1) is 14.0. The quantitative estimate of drug-likeness (QED) is 0.561. The molecule has 3 aromatic carbocycles. The number of aryl methyl sites for hydroxylation is 1. The van der Waals surface area contributed by atoms with Gasteiger partial charge >= 0.3 is 11.9 Å². The van der Waals surface area contributed by atoms with Gasteiger partial charge in [-0.1, -0.05) is 76.6 Å². The molecule has 0 aromatic heterocycles. The normalized spacial score (nSPS) is 13.3. The van der Waals surface area contributed by atoms with Gasteiger partial charge in [-0.2, -0.15) is 0 Å². The van der Waals surface area contributed by atoms with E-state index < -0.39 is 17.9 Å². The van der Waals surface area contributed by atoms with E-state index in [0.717, 1.165) is 32.3 Å². The minimum Gasteiger partial charge on any atom is -0.474 e. The Bertz CT molecular complexity index is 1070. The minimum atomic E-state index is -1.47. The van der Waals surface area contributed by atoms with Crippen LogP contribution in [0.2, 0.25) is 0 Å². The molecule has 1 amide bonds. The molecule has 5 heteroatoms. The zero-order valence-electron chi connectivity index (χ0n) is 15.7. The van der Waals surface area contributed by atoms with E-state index in [0.29, 0.717) is 5.69 Å². The molecule has 3 aromatic rings. The highest BCUT2D eigenvalue weighted by molar-refractivity contribution is 9.10. The second-order valence-corrected chi connectivity index (χ2v) is 7.79. The van der Waals surface area contributed by atoms with E-state index in [1.54, 1.807) is 6.07 Å². The fourth-order valence-corrected chi connectivity index (χ4v) is 4.16. The number of carboxylic acid groups (broad SMARTS) is 1. The number of carbonyl (C=O) groups is 2. The molecule has 0 fully saturated rings. The van der Waals surface area contributed by atoms with Crippen LogP contribution < -0.4 is 4.90 Å². The number of hydrogen-bond donors (Lipinski definition) is 1. The molecule has 1 N–H and O–H groups in total. The largest absolute Gasteiger partial charge is 0.474 e. The zero-order chi connectivity index (χ0) is 20.5. The van der Waals surface area contributed by atoms with Crippen molar-refractivity contribution in [3.05, 3.63) is 100 Å². The summed E-state index contributed by atoms with van der Waals surface area (Å²) in [5.74, 6) is -2.42. The minimum absolute atomic E-state index is 0.428. The summed E-state index contributed by atoms with van der Waals surface area (Å²) in [7, 11) is 0. The first kappa shape index (κ1) is 19.2. The molecule has 144 valence electrons. The standard InChI is InChI=1S/C24H18BrNO3/c1-15-14-18(25)12-13-19(15)26(23(27)24(28)29)22-20(16-8-4-2-5-9-16)21(22)17-10-6-3-7-11-17/h2-14,22H,1H3,(H,28,29). The van der Waals surface area contributed by atoms with Gasteiger partial charge in [0.05, 0.1) is 6.04 Å². The molecule has 0 atom stereocenters. The van der Waals surface area contributed by atoms with Gasteiger partial charge in [-0.15, -0.1) is 0 Å². The van der Waals surface area contributed by atoms with E-state index in [1.165, 1.54) is 4.90 Å². The summed E-state index contributed by atoms with van der Waals surface area (Å²) >= 11 is 3.43. The van der Waals surface area contributed by atoms with Gasteiger partial charge in [0.25, 0.3) is 0 Å². The van der Waals surface area contributed by atoms with Gasteiger partial charge in [-0.3, -0.25) is 9.69 Å². The van der Waals surface area contributed by atoms with Crippen molar-refractivity contribution in [2.45, 2.75) is 13.0 Å². The monoisotopic (exact) mass is 447 g/mol. The number of benzene rings is 3. The van der Waals surface area contributed by atoms with E-state index in [1.807, 2.05) is 79.7 Å². The number of aliphatic carboxylic acids is 1. The fraction of sp³-hybridized carbons (Fsp3) is 0.0833. The average Bonchev–Trinajstić information content (AvgIpc) is 3.46. The zero-order valence-corrected chi connectivity index (χ0v) is 17.3. The number of carboxylic acids is 1. The Labute approximate surface area is 177 Å². The molecular weight excluding hydrogens is 430 g/mol. The summed E-state index contributed by atoms with van der Waals surface area (Å²) in [6.45, 7) is 1.87. The Balaban J connectivity index is 1.86. The van der Waals surface area contributed by atoms with Gasteiger partial charge in [0.1, 0.15) is 0 Å². The van der Waals surface area contributed by atoms with Crippen LogP contribution in [0.3, 0.4) is 0 Å². The predicted octanol–water partition coefficient (Wildman–Crippen LogP) is 5.17. The molecular formula is C24H18BrNO3. The summed E-state index contributed by atoms with van der Waals surface area (Å²) < 4.78 is 0.872. The summed E-state index contributed by atoms with van der Waals surface area (Å²) in [5.41, 5.74) is 5.30. The van der Waals surface area contributed by atoms with Crippen molar-refractivity contribution in [2.75, 3.05) is 4.90 Å². The van der Waals surface area contributed by atoms with Crippen LogP contribution in [0.4, 0.5) is 5.69 Å². The molecule has 0 unspecified atom stereocenters. The van der Waals surface area contributed by atoms with Crippen molar-refractivity contribution in [1.82, 2.24) is 0 Å². The van der Waals surface area contributed by atoms with E-state index in [4.69, 9.17) is 0 Å². The Morgan fingerprint density at radius 1 is 0.862 bits per heavy atom. The third-order valence-corrected chi connectivity index (χ3v) is 5.49. The highest BCUT2D eigenvalue weighted by Crippen LogP contribution is 2.52. The molecule has 0 saturated carbocycles. The van der Waals surface area contributed by atoms with Crippen LogP contribution >= 0.6 is 15.9 Å². The Kier molecular flexibility index (Phi) is 5.07. The molecule has 29 heavy (non-hydrogen) atoms. The lowest BCUT2D eigenvalue weighted by Gasteiger charge is -2.25. The van der Waals surface area contributed by atoms with E-state index in [9.17, 15) is 14.7 Å². The van der Waals surface area contributed by atoms with Crippen molar-refractivity contribution in [3.8, 4) is 0 Å². The molecule has 0 spiro atoms. The molecule has 0 aliphatic heterocycles. The second kappa shape index (κ2) is 7.68. The van der Waals surface area contributed by atoms with Crippen LogP contribution in [0.25, 0.3) is 11.1 Å². The number of amides is 1. The highest BCUT2D eigenvalue weighted by Gasteiger charge is 2.47. The van der Waals surface area contributed by atoms with Gasteiger partial charge < -0.3 is 5.11 Å². The third kappa shape index (κ3) is 3.61. The first-order valence-corrected chi connectivity index (χ1v) is 9.96. The van der Waals surface area contributed by atoms with Crippen LogP contribution in [0.15, 0.2) is 83.3 Å². The van der Waals surface area contributed by atoms with Gasteiger partial charge in [0, 0.05) is 10.2 Å². The van der Waals surface area contributed by atoms with Gasteiger partial charge in [0.2, 0.25) is 0 Å². The summed E-state index contributed by atoms with van der Waals surface area (Å²) in [4.78, 5) is 25.9. The van der Waals surface area contributed by atoms with Crippen molar-refractivity contribution in [1.29, 1.82) is 0 Å². The van der Waals surface area contributed by atoms with Gasteiger partial charge in [0.15, 0.2) is 0 Å². The van der Waals surface area contributed by atoms with Crippen LogP contribution in [0.5, 0.6) is 0 Å². The number of nitrogens with zero attached hydrogens (tertiary/aromatic N) is 1. The Morgan fingerprint density at radius 2 is 1.38 bits per heavy atom. The van der Waals surface area contributed by atoms with Crippen LogP contribution in [-0.4, -0.2) is 23.0 Å². The Morgan fingerprint density at radius 3 is 1.83 bits per heavy atom. The lowest BCUT2D eigenvalue weighted by atomic mass is 10.1. The fourth-order valence-electron chi connectivity index (χ4n) is 3.69. The molecule has 0 bridgehead atoms. The van der Waals surface area contributed by atoms with Crippen molar-refractivity contribution >= 4 is 44.6 Å². The van der Waals surface area contributed by atoms with Crippen LogP contribution in [-0.2, 0) is 9.59 Å². The number of hydrogen-bond acceptors (Lipinski definition) is 2. The van der Waals surface area contributed by atoms with Crippen molar-refractivity contribution in [2.24, 2.45) is 0 Å². The smallest absolute Gasteiger partial charge is 0.394 e. The average molecular weight is 448 g/mol. The SMILES string of the molecule is Cc1cc(Br)ccc1N(C(=O)C(=O)O)C1C(c2ccccc2)=C1c1ccccc1. The molecule has 0 saturated heterocycles. The maximum absolute atomic E-state index is 12.8. The molecule has 1 aliphatic carbocycles.